The number of aromatic nitrogens is 3. The highest BCUT2D eigenvalue weighted by Crippen LogP contribution is 2.21. The van der Waals surface area contributed by atoms with Crippen molar-refractivity contribution in [1.82, 2.24) is 15.0 Å². The van der Waals surface area contributed by atoms with Gasteiger partial charge in [0.25, 0.3) is 5.91 Å². The average molecular weight is 323 g/mol. The van der Waals surface area contributed by atoms with E-state index in [0.29, 0.717) is 22.5 Å². The number of rotatable bonds is 3. The Kier molecular flexibility index (Phi) is 4.15. The molecule has 7 heteroatoms. The zero-order valence-corrected chi connectivity index (χ0v) is 12.8. The van der Waals surface area contributed by atoms with Gasteiger partial charge in [-0.1, -0.05) is 0 Å². The van der Waals surface area contributed by atoms with E-state index < -0.39 is 5.91 Å². The minimum Gasteiger partial charge on any atom is -0.382 e. The third kappa shape index (κ3) is 3.19. The quantitative estimate of drug-likeness (QED) is 0.773. The van der Waals surface area contributed by atoms with E-state index in [1.54, 1.807) is 37.4 Å². The molecule has 1 amide bonds. The monoisotopic (exact) mass is 323 g/mol. The Balaban J connectivity index is 1.94. The normalized spacial score (nSPS) is 10.4. The highest BCUT2D eigenvalue weighted by Gasteiger charge is 2.15. The maximum atomic E-state index is 13.4. The number of nitrogens with two attached hydrogens (primary N) is 1. The van der Waals surface area contributed by atoms with Crippen molar-refractivity contribution in [1.29, 1.82) is 0 Å². The summed E-state index contributed by atoms with van der Waals surface area (Å²) in [6.45, 7) is 1.65. The summed E-state index contributed by atoms with van der Waals surface area (Å²) in [6.07, 6.45) is 4.55. The summed E-state index contributed by atoms with van der Waals surface area (Å²) < 4.78 is 13.4. The fourth-order valence-corrected chi connectivity index (χ4v) is 2.14. The van der Waals surface area contributed by atoms with E-state index in [4.69, 9.17) is 5.73 Å². The zero-order chi connectivity index (χ0) is 17.1. The molecule has 0 saturated carbocycles. The summed E-state index contributed by atoms with van der Waals surface area (Å²) in [5.74, 6) is -0.788. The fourth-order valence-electron chi connectivity index (χ4n) is 2.14. The topological polar surface area (TPSA) is 93.8 Å². The Labute approximate surface area is 137 Å². The van der Waals surface area contributed by atoms with Crippen LogP contribution < -0.4 is 11.1 Å². The molecule has 6 nitrogen and oxygen atoms in total. The lowest BCUT2D eigenvalue weighted by Crippen LogP contribution is -2.17. The van der Waals surface area contributed by atoms with Crippen molar-refractivity contribution < 1.29 is 9.18 Å². The van der Waals surface area contributed by atoms with E-state index in [1.807, 2.05) is 0 Å². The summed E-state index contributed by atoms with van der Waals surface area (Å²) in [6, 6.07) is 7.95. The smallest absolute Gasteiger partial charge is 0.278 e. The highest BCUT2D eigenvalue weighted by atomic mass is 19.1. The summed E-state index contributed by atoms with van der Waals surface area (Å²) in [5.41, 5.74) is 7.85. The molecule has 3 N–H and O–H groups in total. The highest BCUT2D eigenvalue weighted by molar-refractivity contribution is 6.05. The van der Waals surface area contributed by atoms with E-state index in [9.17, 15) is 9.18 Å². The third-order valence-electron chi connectivity index (χ3n) is 3.39. The third-order valence-corrected chi connectivity index (χ3v) is 3.39. The SMILES string of the molecule is Cc1cc(-c2cnc(N)c(C(=O)Nc3cccnc3)n2)ccc1F. The molecule has 3 aromatic rings. The largest absolute Gasteiger partial charge is 0.382 e. The van der Waals surface area contributed by atoms with Crippen LogP contribution in [0.25, 0.3) is 11.3 Å². The first-order chi connectivity index (χ1) is 11.5. The lowest BCUT2D eigenvalue weighted by molar-refractivity contribution is 0.102. The summed E-state index contributed by atoms with van der Waals surface area (Å²) in [4.78, 5) is 24.6. The van der Waals surface area contributed by atoms with Crippen LogP contribution in [-0.2, 0) is 0 Å². The van der Waals surface area contributed by atoms with E-state index in [1.165, 1.54) is 18.5 Å². The molecule has 0 aliphatic carbocycles. The molecule has 0 unspecified atom stereocenters. The van der Waals surface area contributed by atoms with Gasteiger partial charge in [-0.2, -0.15) is 0 Å². The molecule has 0 bridgehead atoms. The second-order valence-electron chi connectivity index (χ2n) is 5.15. The van der Waals surface area contributed by atoms with Gasteiger partial charge in [0.2, 0.25) is 0 Å². The zero-order valence-electron chi connectivity index (χ0n) is 12.8. The van der Waals surface area contributed by atoms with Crippen LogP contribution in [0.1, 0.15) is 16.1 Å². The van der Waals surface area contributed by atoms with Gasteiger partial charge in [0.05, 0.1) is 23.8 Å². The Morgan fingerprint density at radius 1 is 1.25 bits per heavy atom. The number of pyridine rings is 1. The average Bonchev–Trinajstić information content (AvgIpc) is 2.58. The second kappa shape index (κ2) is 6.41. The van der Waals surface area contributed by atoms with Crippen LogP contribution in [0.2, 0.25) is 0 Å². The minimum atomic E-state index is -0.492. The number of halogens is 1. The molecule has 24 heavy (non-hydrogen) atoms. The number of hydrogen-bond acceptors (Lipinski definition) is 5. The van der Waals surface area contributed by atoms with E-state index >= 15 is 0 Å². The number of anilines is 2. The Bertz CT molecular complexity index is 899. The van der Waals surface area contributed by atoms with Gasteiger partial charge in [-0.15, -0.1) is 0 Å². The van der Waals surface area contributed by atoms with Gasteiger partial charge in [-0.05, 0) is 42.8 Å². The first-order valence-electron chi connectivity index (χ1n) is 7.15. The van der Waals surface area contributed by atoms with Crippen molar-refractivity contribution >= 4 is 17.4 Å². The van der Waals surface area contributed by atoms with Crippen LogP contribution in [0.4, 0.5) is 15.9 Å². The molecule has 0 atom stereocenters. The molecular formula is C17H14FN5O. The number of aryl methyl sites for hydroxylation is 1. The van der Waals surface area contributed by atoms with Gasteiger partial charge in [0.15, 0.2) is 11.5 Å². The van der Waals surface area contributed by atoms with Crippen molar-refractivity contribution in [2.24, 2.45) is 0 Å². The minimum absolute atomic E-state index is 0.00155. The first kappa shape index (κ1) is 15.5. The number of carbonyl (C=O) groups is 1. The van der Waals surface area contributed by atoms with Crippen molar-refractivity contribution in [2.45, 2.75) is 6.92 Å². The molecule has 0 radical (unpaired) electrons. The van der Waals surface area contributed by atoms with E-state index in [0.717, 1.165) is 0 Å². The van der Waals surface area contributed by atoms with Gasteiger partial charge >= 0.3 is 0 Å². The molecule has 2 aromatic heterocycles. The first-order valence-corrected chi connectivity index (χ1v) is 7.15. The van der Waals surface area contributed by atoms with Gasteiger partial charge in [0.1, 0.15) is 5.82 Å². The lowest BCUT2D eigenvalue weighted by Gasteiger charge is -2.08. The molecule has 0 aliphatic heterocycles. The van der Waals surface area contributed by atoms with E-state index in [-0.39, 0.29) is 17.3 Å². The molecule has 0 saturated heterocycles. The number of amides is 1. The standard InChI is InChI=1S/C17H14FN5O/c1-10-7-11(4-5-13(10)18)14-9-21-16(19)15(23-14)17(24)22-12-3-2-6-20-8-12/h2-9H,1H3,(H2,19,21)(H,22,24). The van der Waals surface area contributed by atoms with Gasteiger partial charge in [-0.3, -0.25) is 9.78 Å². The summed E-state index contributed by atoms with van der Waals surface area (Å²) in [5, 5.41) is 2.65. The number of hydrogen-bond donors (Lipinski definition) is 2. The molecule has 0 aliphatic rings. The van der Waals surface area contributed by atoms with Crippen LogP contribution >= 0.6 is 0 Å². The van der Waals surface area contributed by atoms with E-state index in [2.05, 4.69) is 20.3 Å². The van der Waals surface area contributed by atoms with Crippen LogP contribution in [0.3, 0.4) is 0 Å². The second-order valence-corrected chi connectivity index (χ2v) is 5.15. The summed E-state index contributed by atoms with van der Waals surface area (Å²) >= 11 is 0. The van der Waals surface area contributed by atoms with Crippen LogP contribution in [0.15, 0.2) is 48.9 Å². The predicted octanol–water partition coefficient (Wildman–Crippen LogP) is 2.82. The number of carbonyl (C=O) groups excluding carboxylic acids is 1. The molecule has 120 valence electrons. The van der Waals surface area contributed by atoms with Crippen LogP contribution in [0, 0.1) is 12.7 Å². The Hall–Kier alpha value is -3.35. The lowest BCUT2D eigenvalue weighted by atomic mass is 10.1. The van der Waals surface area contributed by atoms with Crippen molar-refractivity contribution in [3.8, 4) is 11.3 Å². The van der Waals surface area contributed by atoms with Gasteiger partial charge < -0.3 is 11.1 Å². The number of benzene rings is 1. The predicted molar refractivity (Wildman–Crippen MR) is 88.8 cm³/mol. The number of nitrogens with zero attached hydrogens (tertiary/aromatic N) is 3. The van der Waals surface area contributed by atoms with Crippen molar-refractivity contribution in [3.63, 3.8) is 0 Å². The Morgan fingerprint density at radius 2 is 2.08 bits per heavy atom. The van der Waals surface area contributed by atoms with Crippen molar-refractivity contribution in [3.05, 3.63) is 66.0 Å². The molecular weight excluding hydrogens is 309 g/mol. The molecule has 1 aromatic carbocycles. The van der Waals surface area contributed by atoms with Gasteiger partial charge in [0, 0.05) is 11.8 Å². The molecule has 2 heterocycles. The summed E-state index contributed by atoms with van der Waals surface area (Å²) in [7, 11) is 0. The molecule has 3 rings (SSSR count). The maximum absolute atomic E-state index is 13.4. The van der Waals surface area contributed by atoms with Crippen LogP contribution in [-0.4, -0.2) is 20.9 Å². The fraction of sp³-hybridized carbons (Fsp3) is 0.0588. The molecule has 0 spiro atoms. The maximum Gasteiger partial charge on any atom is 0.278 e. The molecule has 0 fully saturated rings. The Morgan fingerprint density at radius 3 is 2.79 bits per heavy atom. The van der Waals surface area contributed by atoms with Crippen molar-refractivity contribution in [2.75, 3.05) is 11.1 Å². The number of nitrogen functional groups attached to an aromatic ring is 1. The van der Waals surface area contributed by atoms with Crippen LogP contribution in [0.5, 0.6) is 0 Å². The van der Waals surface area contributed by atoms with Gasteiger partial charge in [-0.25, -0.2) is 14.4 Å². The number of nitrogens with one attached hydrogen (secondary N) is 1.